The zero-order chi connectivity index (χ0) is 21.7. The number of thiocarbonyl (C=S) groups is 1. The number of aryl methyl sites for hydroxylation is 1. The lowest BCUT2D eigenvalue weighted by Gasteiger charge is -2.26. The summed E-state index contributed by atoms with van der Waals surface area (Å²) in [5.74, 6) is -0.606. The van der Waals surface area contributed by atoms with E-state index in [9.17, 15) is 8.78 Å². The van der Waals surface area contributed by atoms with E-state index in [-0.39, 0.29) is 16.7 Å². The van der Waals surface area contributed by atoms with Crippen LogP contribution in [0.15, 0.2) is 35.4 Å². The molecule has 30 heavy (non-hydrogen) atoms. The van der Waals surface area contributed by atoms with Crippen molar-refractivity contribution in [1.82, 2.24) is 10.3 Å². The van der Waals surface area contributed by atoms with Crippen molar-refractivity contribution in [3.05, 3.63) is 63.7 Å². The van der Waals surface area contributed by atoms with E-state index in [1.54, 1.807) is 12.1 Å². The normalized spacial score (nSPS) is 15.4. The highest BCUT2D eigenvalue weighted by Crippen LogP contribution is 2.27. The van der Waals surface area contributed by atoms with Gasteiger partial charge in [-0.3, -0.25) is 10.3 Å². The van der Waals surface area contributed by atoms with Gasteiger partial charge in [0.15, 0.2) is 5.11 Å². The molecule has 1 aliphatic heterocycles. The van der Waals surface area contributed by atoms with Crippen molar-refractivity contribution >= 4 is 40.8 Å². The maximum atomic E-state index is 14.9. The quantitative estimate of drug-likeness (QED) is 0.411. The number of anilines is 1. The molecule has 1 fully saturated rings. The zero-order valence-electron chi connectivity index (χ0n) is 16.7. The molecule has 0 amide bonds. The molecule has 9 heteroatoms. The first-order chi connectivity index (χ1) is 14.3. The van der Waals surface area contributed by atoms with Gasteiger partial charge in [0.2, 0.25) is 0 Å². The second kappa shape index (κ2) is 10.1. The van der Waals surface area contributed by atoms with Gasteiger partial charge in [-0.1, -0.05) is 17.7 Å². The molecule has 1 aliphatic rings. The van der Waals surface area contributed by atoms with Crippen molar-refractivity contribution in [2.45, 2.75) is 19.9 Å². The maximum Gasteiger partial charge on any atom is 0.184 e. The van der Waals surface area contributed by atoms with Gasteiger partial charge in [-0.2, -0.15) is 5.10 Å². The Morgan fingerprint density at radius 2 is 2.03 bits per heavy atom. The van der Waals surface area contributed by atoms with Crippen LogP contribution < -0.4 is 16.1 Å². The van der Waals surface area contributed by atoms with Gasteiger partial charge in [0.25, 0.3) is 0 Å². The van der Waals surface area contributed by atoms with Crippen molar-refractivity contribution in [2.24, 2.45) is 10.8 Å². The fourth-order valence-corrected chi connectivity index (χ4v) is 3.94. The van der Waals surface area contributed by atoms with Gasteiger partial charge in [-0.25, -0.2) is 8.78 Å². The van der Waals surface area contributed by atoms with Gasteiger partial charge in [0.05, 0.1) is 11.9 Å². The van der Waals surface area contributed by atoms with Crippen molar-refractivity contribution < 1.29 is 8.78 Å². The van der Waals surface area contributed by atoms with Crippen molar-refractivity contribution in [1.29, 1.82) is 0 Å². The topological polar surface area (TPSA) is 56.9 Å². The number of halogens is 3. The van der Waals surface area contributed by atoms with Crippen LogP contribution in [0.3, 0.4) is 0 Å². The van der Waals surface area contributed by atoms with Crippen molar-refractivity contribution in [2.75, 3.05) is 31.1 Å². The second-order valence-electron chi connectivity index (χ2n) is 7.22. The molecule has 5 nitrogen and oxygen atoms in total. The van der Waals surface area contributed by atoms with Crippen molar-refractivity contribution in [3.8, 4) is 0 Å². The Labute approximate surface area is 185 Å². The van der Waals surface area contributed by atoms with Gasteiger partial charge >= 0.3 is 0 Å². The fraction of sp³-hybridized carbons (Fsp3) is 0.333. The molecule has 0 atom stereocenters. The van der Waals surface area contributed by atoms with E-state index in [0.29, 0.717) is 41.5 Å². The summed E-state index contributed by atoms with van der Waals surface area (Å²) >= 11 is 10.9. The van der Waals surface area contributed by atoms with Crippen LogP contribution in [0.2, 0.25) is 5.02 Å². The molecule has 0 unspecified atom stereocenters. The molecule has 2 aromatic rings. The van der Waals surface area contributed by atoms with E-state index in [2.05, 4.69) is 27.6 Å². The van der Waals surface area contributed by atoms with E-state index in [0.717, 1.165) is 25.1 Å². The minimum Gasteiger partial charge on any atom is -0.375 e. The number of nitrogens with two attached hydrogens (primary N) is 1. The molecule has 0 aromatic heterocycles. The third-order valence-corrected chi connectivity index (χ3v) is 5.46. The lowest BCUT2D eigenvalue weighted by Crippen LogP contribution is -2.31. The van der Waals surface area contributed by atoms with Gasteiger partial charge < -0.3 is 10.6 Å². The third-order valence-electron chi connectivity index (χ3n) is 5.01. The summed E-state index contributed by atoms with van der Waals surface area (Å²) < 4.78 is 29.0. The Hall–Kier alpha value is -2.29. The number of hydrogen-bond donors (Lipinski definition) is 2. The molecule has 1 heterocycles. The molecule has 3 N–H and O–H groups in total. The monoisotopic (exact) mass is 451 g/mol. The summed E-state index contributed by atoms with van der Waals surface area (Å²) in [7, 11) is 0. The first-order valence-corrected chi connectivity index (χ1v) is 10.4. The van der Waals surface area contributed by atoms with E-state index >= 15 is 0 Å². The second-order valence-corrected chi connectivity index (χ2v) is 8.07. The first kappa shape index (κ1) is 22.4. The largest absolute Gasteiger partial charge is 0.375 e. The summed E-state index contributed by atoms with van der Waals surface area (Å²) in [6.07, 6.45) is 2.31. The number of hydrogen-bond acceptors (Lipinski definition) is 4. The van der Waals surface area contributed by atoms with Gasteiger partial charge in [-0.05, 0) is 61.0 Å². The average Bonchev–Trinajstić information content (AvgIpc) is 2.90. The Morgan fingerprint density at radius 3 is 2.73 bits per heavy atom. The van der Waals surface area contributed by atoms with Crippen LogP contribution in [0, 0.1) is 18.6 Å². The summed E-state index contributed by atoms with van der Waals surface area (Å²) in [5.41, 5.74) is 10.3. The molecule has 0 bridgehead atoms. The van der Waals surface area contributed by atoms with Gasteiger partial charge in [0.1, 0.15) is 11.6 Å². The van der Waals surface area contributed by atoms with Gasteiger partial charge in [-0.15, -0.1) is 0 Å². The van der Waals surface area contributed by atoms with E-state index in [1.165, 1.54) is 18.3 Å². The Bertz CT molecular complexity index is 910. The van der Waals surface area contributed by atoms with Crippen LogP contribution in [-0.2, 0) is 6.54 Å². The molecule has 0 radical (unpaired) electrons. The highest BCUT2D eigenvalue weighted by atomic mass is 35.5. The molecule has 2 aromatic carbocycles. The van der Waals surface area contributed by atoms with Crippen LogP contribution in [0.4, 0.5) is 14.5 Å². The smallest absolute Gasteiger partial charge is 0.184 e. The fourth-order valence-electron chi connectivity index (χ4n) is 3.67. The summed E-state index contributed by atoms with van der Waals surface area (Å²) in [5, 5.41) is 4.35. The van der Waals surface area contributed by atoms with Crippen LogP contribution in [-0.4, -0.2) is 42.4 Å². The summed E-state index contributed by atoms with van der Waals surface area (Å²) in [6.45, 7) is 5.14. The Kier molecular flexibility index (Phi) is 7.58. The summed E-state index contributed by atoms with van der Waals surface area (Å²) in [6, 6.07) is 8.03. The Balaban J connectivity index is 1.70. The number of nitrogens with one attached hydrogen (secondary N) is 1. The molecule has 3 rings (SSSR count). The van der Waals surface area contributed by atoms with E-state index < -0.39 is 0 Å². The molecular weight excluding hydrogens is 428 g/mol. The third kappa shape index (κ3) is 5.65. The molecule has 1 saturated heterocycles. The summed E-state index contributed by atoms with van der Waals surface area (Å²) in [4.78, 5) is 4.20. The first-order valence-electron chi connectivity index (χ1n) is 9.64. The van der Waals surface area contributed by atoms with Crippen LogP contribution >= 0.6 is 23.8 Å². The number of nitrogens with zero attached hydrogens (tertiary/aromatic N) is 3. The van der Waals surface area contributed by atoms with Crippen LogP contribution in [0.5, 0.6) is 0 Å². The number of rotatable bonds is 5. The van der Waals surface area contributed by atoms with Crippen LogP contribution in [0.1, 0.15) is 23.1 Å². The van der Waals surface area contributed by atoms with E-state index in [4.69, 9.17) is 17.3 Å². The molecule has 0 saturated carbocycles. The zero-order valence-corrected chi connectivity index (χ0v) is 18.2. The number of benzene rings is 2. The van der Waals surface area contributed by atoms with E-state index in [1.807, 2.05) is 17.9 Å². The molecule has 0 aliphatic carbocycles. The van der Waals surface area contributed by atoms with Crippen molar-refractivity contribution in [3.63, 3.8) is 0 Å². The molecular formula is C21H24ClF2N5S. The highest BCUT2D eigenvalue weighted by molar-refractivity contribution is 7.80. The lowest BCUT2D eigenvalue weighted by molar-refractivity contribution is 0.281. The molecule has 0 spiro atoms. The predicted molar refractivity (Wildman–Crippen MR) is 122 cm³/mol. The van der Waals surface area contributed by atoms with Gasteiger partial charge in [0, 0.05) is 43.3 Å². The minimum absolute atomic E-state index is 0.0471. The minimum atomic E-state index is -0.308. The average molecular weight is 452 g/mol. The lowest BCUT2D eigenvalue weighted by atomic mass is 10.1. The maximum absolute atomic E-state index is 14.9. The SMILES string of the molecule is Cc1cc(/C=N/NC(N)=S)cc(F)c1N1CCCN(Cc2c(F)cccc2Cl)CC1. The number of hydrazone groups is 1. The standard InChI is InChI=1S/C21H24ClF2N5S/c1-14-10-15(12-26-27-21(25)30)11-19(24)20(14)29-7-3-6-28(8-9-29)13-16-17(22)4-2-5-18(16)23/h2,4-5,10-12H,3,6-9,13H2,1H3,(H3,25,27,30)/b26-12+. The Morgan fingerprint density at radius 1 is 1.23 bits per heavy atom. The predicted octanol–water partition coefficient (Wildman–Crippen LogP) is 3.81. The highest BCUT2D eigenvalue weighted by Gasteiger charge is 2.21. The molecule has 160 valence electrons. The van der Waals surface area contributed by atoms with Crippen LogP contribution in [0.25, 0.3) is 0 Å².